The standard InChI is InChI=1S/C16H22N2O6/c1-4-24-14-9-23-8-12(14)18-16(20)17-11-7-10(15(19)22-3)5-6-13(11)21-2/h5-7,12,14H,4,8-9H2,1-3H3,(H2,17,18,20)/t12-,14-/m0/s1. The zero-order valence-corrected chi connectivity index (χ0v) is 14.0. The van der Waals surface area contributed by atoms with Crippen molar-refractivity contribution in [1.82, 2.24) is 5.32 Å². The number of esters is 1. The molecule has 0 aromatic heterocycles. The molecular formula is C16H22N2O6. The van der Waals surface area contributed by atoms with E-state index in [0.717, 1.165) is 0 Å². The van der Waals surface area contributed by atoms with Crippen molar-refractivity contribution in [3.63, 3.8) is 0 Å². The Balaban J connectivity index is 2.06. The number of hydrogen-bond acceptors (Lipinski definition) is 6. The molecule has 0 radical (unpaired) electrons. The first-order chi connectivity index (χ1) is 11.6. The monoisotopic (exact) mass is 338 g/mol. The number of anilines is 1. The van der Waals surface area contributed by atoms with Crippen LogP contribution in [0.15, 0.2) is 18.2 Å². The fourth-order valence-corrected chi connectivity index (χ4v) is 2.42. The summed E-state index contributed by atoms with van der Waals surface area (Å²) in [5.74, 6) is -0.0662. The molecule has 0 bridgehead atoms. The Kier molecular flexibility index (Phi) is 6.39. The van der Waals surface area contributed by atoms with Gasteiger partial charge in [0.1, 0.15) is 11.9 Å². The molecule has 0 unspecified atom stereocenters. The second-order valence-corrected chi connectivity index (χ2v) is 5.14. The van der Waals surface area contributed by atoms with Gasteiger partial charge in [-0.05, 0) is 25.1 Å². The van der Waals surface area contributed by atoms with Gasteiger partial charge in [-0.3, -0.25) is 0 Å². The summed E-state index contributed by atoms with van der Waals surface area (Å²) in [7, 11) is 2.77. The topological polar surface area (TPSA) is 95.1 Å². The summed E-state index contributed by atoms with van der Waals surface area (Å²) in [4.78, 5) is 23.9. The Morgan fingerprint density at radius 1 is 1.29 bits per heavy atom. The molecule has 0 spiro atoms. The van der Waals surface area contributed by atoms with E-state index < -0.39 is 12.0 Å². The van der Waals surface area contributed by atoms with Crippen molar-refractivity contribution < 1.29 is 28.5 Å². The lowest BCUT2D eigenvalue weighted by molar-refractivity contribution is 0.0428. The van der Waals surface area contributed by atoms with Crippen LogP contribution < -0.4 is 15.4 Å². The van der Waals surface area contributed by atoms with Crippen molar-refractivity contribution in [2.24, 2.45) is 0 Å². The second kappa shape index (κ2) is 8.51. The molecule has 2 N–H and O–H groups in total. The highest BCUT2D eigenvalue weighted by Gasteiger charge is 2.30. The second-order valence-electron chi connectivity index (χ2n) is 5.14. The van der Waals surface area contributed by atoms with Gasteiger partial charge in [0, 0.05) is 6.61 Å². The maximum atomic E-state index is 12.2. The number of ether oxygens (including phenoxy) is 4. The molecular weight excluding hydrogens is 316 g/mol. The highest BCUT2D eigenvalue weighted by atomic mass is 16.5. The average Bonchev–Trinajstić information content (AvgIpc) is 3.01. The van der Waals surface area contributed by atoms with Crippen molar-refractivity contribution in [2.45, 2.75) is 19.1 Å². The van der Waals surface area contributed by atoms with E-state index in [4.69, 9.17) is 14.2 Å². The van der Waals surface area contributed by atoms with Crippen LogP contribution in [0.3, 0.4) is 0 Å². The fourth-order valence-electron chi connectivity index (χ4n) is 2.42. The third-order valence-corrected chi connectivity index (χ3v) is 3.59. The highest BCUT2D eigenvalue weighted by Crippen LogP contribution is 2.26. The van der Waals surface area contributed by atoms with Crippen molar-refractivity contribution in [1.29, 1.82) is 0 Å². The predicted molar refractivity (Wildman–Crippen MR) is 86.5 cm³/mol. The third-order valence-electron chi connectivity index (χ3n) is 3.59. The highest BCUT2D eigenvalue weighted by molar-refractivity contribution is 5.95. The summed E-state index contributed by atoms with van der Waals surface area (Å²) in [6.45, 7) is 3.26. The number of rotatable bonds is 6. The first-order valence-electron chi connectivity index (χ1n) is 7.62. The Morgan fingerprint density at radius 3 is 2.75 bits per heavy atom. The molecule has 1 heterocycles. The first kappa shape index (κ1) is 18.0. The van der Waals surface area contributed by atoms with Gasteiger partial charge in [-0.25, -0.2) is 9.59 Å². The van der Waals surface area contributed by atoms with E-state index in [9.17, 15) is 9.59 Å². The van der Waals surface area contributed by atoms with E-state index in [1.165, 1.54) is 20.3 Å². The van der Waals surface area contributed by atoms with E-state index in [1.807, 2.05) is 6.92 Å². The minimum absolute atomic E-state index is 0.177. The predicted octanol–water partition coefficient (Wildman–Crippen LogP) is 1.41. The maximum absolute atomic E-state index is 12.2. The molecule has 8 nitrogen and oxygen atoms in total. The molecule has 132 valence electrons. The van der Waals surface area contributed by atoms with Crippen LogP contribution in [0.4, 0.5) is 10.5 Å². The number of hydrogen-bond donors (Lipinski definition) is 2. The number of benzene rings is 1. The smallest absolute Gasteiger partial charge is 0.337 e. The van der Waals surface area contributed by atoms with Crippen LogP contribution in [0.2, 0.25) is 0 Å². The average molecular weight is 338 g/mol. The lowest BCUT2D eigenvalue weighted by atomic mass is 10.2. The Hall–Kier alpha value is -2.32. The summed E-state index contributed by atoms with van der Waals surface area (Å²) in [6.07, 6.45) is -0.177. The lowest BCUT2D eigenvalue weighted by Crippen LogP contribution is -2.45. The summed E-state index contributed by atoms with van der Waals surface area (Å²) in [5, 5.41) is 5.48. The van der Waals surface area contributed by atoms with Crippen LogP contribution in [0, 0.1) is 0 Å². The summed E-state index contributed by atoms with van der Waals surface area (Å²) in [5.41, 5.74) is 0.676. The molecule has 1 aromatic carbocycles. The summed E-state index contributed by atoms with van der Waals surface area (Å²) >= 11 is 0. The van der Waals surface area contributed by atoms with Gasteiger partial charge >= 0.3 is 12.0 Å². The van der Waals surface area contributed by atoms with Crippen molar-refractivity contribution >= 4 is 17.7 Å². The Morgan fingerprint density at radius 2 is 2.08 bits per heavy atom. The zero-order chi connectivity index (χ0) is 17.5. The first-order valence-corrected chi connectivity index (χ1v) is 7.62. The molecule has 24 heavy (non-hydrogen) atoms. The molecule has 1 aliphatic rings. The van der Waals surface area contributed by atoms with E-state index >= 15 is 0 Å². The SMILES string of the molecule is CCO[C@H]1COC[C@@H]1NC(=O)Nc1cc(C(=O)OC)ccc1OC. The Bertz CT molecular complexity index is 592. The molecule has 2 rings (SSSR count). The van der Waals surface area contributed by atoms with E-state index in [1.54, 1.807) is 12.1 Å². The van der Waals surface area contributed by atoms with E-state index in [-0.39, 0.29) is 12.1 Å². The van der Waals surface area contributed by atoms with Crippen LogP contribution >= 0.6 is 0 Å². The minimum atomic E-state index is -0.498. The molecule has 2 amide bonds. The summed E-state index contributed by atoms with van der Waals surface area (Å²) < 4.78 is 20.7. The Labute approximate surface area is 140 Å². The number of carbonyl (C=O) groups excluding carboxylic acids is 2. The van der Waals surface area contributed by atoms with Crippen molar-refractivity contribution in [2.75, 3.05) is 39.4 Å². The number of amides is 2. The zero-order valence-electron chi connectivity index (χ0n) is 14.0. The van der Waals surface area contributed by atoms with E-state index in [2.05, 4.69) is 15.4 Å². The van der Waals surface area contributed by atoms with Gasteiger partial charge in [-0.15, -0.1) is 0 Å². The van der Waals surface area contributed by atoms with Gasteiger partial charge < -0.3 is 29.6 Å². The fraction of sp³-hybridized carbons (Fsp3) is 0.500. The molecule has 1 fully saturated rings. The van der Waals surface area contributed by atoms with Crippen LogP contribution in [0.25, 0.3) is 0 Å². The molecule has 8 heteroatoms. The maximum Gasteiger partial charge on any atom is 0.337 e. The van der Waals surface area contributed by atoms with E-state index in [0.29, 0.717) is 36.8 Å². The van der Waals surface area contributed by atoms with Gasteiger partial charge in [-0.1, -0.05) is 0 Å². The van der Waals surface area contributed by atoms with Crippen LogP contribution in [0.5, 0.6) is 5.75 Å². The van der Waals surface area contributed by atoms with Crippen LogP contribution in [0.1, 0.15) is 17.3 Å². The lowest BCUT2D eigenvalue weighted by Gasteiger charge is -2.19. The van der Waals surface area contributed by atoms with Gasteiger partial charge in [-0.2, -0.15) is 0 Å². The minimum Gasteiger partial charge on any atom is -0.495 e. The quantitative estimate of drug-likeness (QED) is 0.762. The molecule has 1 aromatic rings. The largest absolute Gasteiger partial charge is 0.495 e. The number of methoxy groups -OCH3 is 2. The molecule has 1 saturated heterocycles. The van der Waals surface area contributed by atoms with Gasteiger partial charge in [0.2, 0.25) is 0 Å². The van der Waals surface area contributed by atoms with Crippen molar-refractivity contribution in [3.8, 4) is 5.75 Å². The molecule has 0 saturated carbocycles. The van der Waals surface area contributed by atoms with Crippen LogP contribution in [-0.4, -0.2) is 58.2 Å². The van der Waals surface area contributed by atoms with Gasteiger partial charge in [0.25, 0.3) is 0 Å². The molecule has 0 aliphatic carbocycles. The third kappa shape index (κ3) is 4.36. The van der Waals surface area contributed by atoms with Gasteiger partial charge in [0.05, 0.1) is 44.7 Å². The van der Waals surface area contributed by atoms with Crippen LogP contribution in [-0.2, 0) is 14.2 Å². The molecule has 1 aliphatic heterocycles. The number of carbonyl (C=O) groups is 2. The normalized spacial score (nSPS) is 19.6. The van der Waals surface area contributed by atoms with Crippen molar-refractivity contribution in [3.05, 3.63) is 23.8 Å². The number of nitrogens with one attached hydrogen (secondary N) is 2. The van der Waals surface area contributed by atoms with Gasteiger partial charge in [0.15, 0.2) is 0 Å². The number of urea groups is 1. The molecule has 2 atom stereocenters. The summed E-state index contributed by atoms with van der Waals surface area (Å²) in [6, 6.07) is 3.97.